The number of hydrogen-bond donors (Lipinski definition) is 3. The number of fused-ring (bicyclic) bond motifs is 1. The number of aromatic nitrogens is 6. The lowest BCUT2D eigenvalue weighted by Crippen LogP contribution is -2.16. The van der Waals surface area contributed by atoms with Gasteiger partial charge in [0.2, 0.25) is 0 Å². The fourth-order valence-electron chi connectivity index (χ4n) is 2.18. The third-order valence-electron chi connectivity index (χ3n) is 3.15. The van der Waals surface area contributed by atoms with E-state index in [1.165, 1.54) is 4.40 Å². The number of anilines is 1. The van der Waals surface area contributed by atoms with Crippen LogP contribution in [0.15, 0.2) is 23.3 Å². The molecule has 0 saturated heterocycles. The Morgan fingerprint density at radius 2 is 2.35 bits per heavy atom. The van der Waals surface area contributed by atoms with Crippen molar-refractivity contribution >= 4 is 11.5 Å². The molecule has 3 rings (SSSR count). The predicted octanol–water partition coefficient (Wildman–Crippen LogP) is 1.01. The molecule has 0 aliphatic carbocycles. The van der Waals surface area contributed by atoms with Gasteiger partial charge in [-0.1, -0.05) is 6.92 Å². The minimum atomic E-state index is -0.283. The Morgan fingerprint density at radius 1 is 1.50 bits per heavy atom. The van der Waals surface area contributed by atoms with Gasteiger partial charge in [-0.3, -0.25) is 0 Å². The van der Waals surface area contributed by atoms with Crippen LogP contribution >= 0.6 is 0 Å². The van der Waals surface area contributed by atoms with Crippen molar-refractivity contribution in [1.29, 1.82) is 0 Å². The first-order valence-electron chi connectivity index (χ1n) is 6.39. The second kappa shape index (κ2) is 4.80. The largest absolute Gasteiger partial charge is 0.360 e. The standard InChI is InChI=1S/C12H15N7O/c1-3-8(11-13-4-5-14-11)16-9-6-10-17-18-12(20)19(10)7(2)15-9/h4-6,8,16H,3H2,1-2H3,(H,13,14)(H,18,20). The molecule has 0 bridgehead atoms. The van der Waals surface area contributed by atoms with Crippen LogP contribution in [0, 0.1) is 6.92 Å². The van der Waals surface area contributed by atoms with Gasteiger partial charge in [0.25, 0.3) is 0 Å². The highest BCUT2D eigenvalue weighted by molar-refractivity contribution is 5.50. The first kappa shape index (κ1) is 12.4. The summed E-state index contributed by atoms with van der Waals surface area (Å²) in [5.41, 5.74) is 0.258. The monoisotopic (exact) mass is 273 g/mol. The molecule has 3 aromatic rings. The lowest BCUT2D eigenvalue weighted by molar-refractivity contribution is 0.698. The van der Waals surface area contributed by atoms with Crippen molar-refractivity contribution in [3.8, 4) is 0 Å². The molecule has 0 saturated carbocycles. The van der Waals surface area contributed by atoms with Crippen LogP contribution in [0.2, 0.25) is 0 Å². The van der Waals surface area contributed by atoms with E-state index in [2.05, 4.69) is 37.4 Å². The number of rotatable bonds is 4. The van der Waals surface area contributed by atoms with Crippen LogP contribution in [0.1, 0.15) is 31.0 Å². The van der Waals surface area contributed by atoms with Gasteiger partial charge in [-0.05, 0) is 13.3 Å². The number of hydrogen-bond acceptors (Lipinski definition) is 5. The van der Waals surface area contributed by atoms with Crippen molar-refractivity contribution in [3.05, 3.63) is 40.6 Å². The SMILES string of the molecule is CCC(Nc1cc2n[nH]c(=O)n2c(C)n1)c1ncc[nH]1. The molecular formula is C12H15N7O. The summed E-state index contributed by atoms with van der Waals surface area (Å²) in [7, 11) is 0. The average molecular weight is 273 g/mol. The van der Waals surface area contributed by atoms with E-state index in [0.29, 0.717) is 17.3 Å². The summed E-state index contributed by atoms with van der Waals surface area (Å²) in [5.74, 6) is 2.10. The minimum Gasteiger partial charge on any atom is -0.360 e. The molecule has 8 heteroatoms. The van der Waals surface area contributed by atoms with E-state index in [4.69, 9.17) is 0 Å². The van der Waals surface area contributed by atoms with E-state index in [1.54, 1.807) is 25.4 Å². The second-order valence-corrected chi connectivity index (χ2v) is 4.49. The molecule has 1 unspecified atom stereocenters. The molecule has 0 aliphatic rings. The van der Waals surface area contributed by atoms with Gasteiger partial charge in [0.15, 0.2) is 5.65 Å². The van der Waals surface area contributed by atoms with E-state index >= 15 is 0 Å². The molecule has 20 heavy (non-hydrogen) atoms. The number of aryl methyl sites for hydroxylation is 1. The van der Waals surface area contributed by atoms with Gasteiger partial charge in [0.1, 0.15) is 17.5 Å². The molecule has 0 spiro atoms. The molecule has 0 radical (unpaired) electrons. The minimum absolute atomic E-state index is 0.0324. The Morgan fingerprint density at radius 3 is 3.05 bits per heavy atom. The summed E-state index contributed by atoms with van der Waals surface area (Å²) in [4.78, 5) is 23.3. The zero-order chi connectivity index (χ0) is 14.1. The Balaban J connectivity index is 1.96. The molecule has 3 heterocycles. The van der Waals surface area contributed by atoms with Crippen LogP contribution in [-0.2, 0) is 0 Å². The lowest BCUT2D eigenvalue weighted by atomic mass is 10.2. The normalized spacial score (nSPS) is 12.7. The molecular weight excluding hydrogens is 258 g/mol. The second-order valence-electron chi connectivity index (χ2n) is 4.49. The Bertz CT molecular complexity index is 771. The summed E-state index contributed by atoms with van der Waals surface area (Å²) in [6.45, 7) is 3.83. The molecule has 104 valence electrons. The number of nitrogens with zero attached hydrogens (tertiary/aromatic N) is 4. The van der Waals surface area contributed by atoms with Gasteiger partial charge in [-0.25, -0.2) is 24.3 Å². The molecule has 0 aliphatic heterocycles. The average Bonchev–Trinajstić information content (AvgIpc) is 3.06. The third kappa shape index (κ3) is 2.04. The van der Waals surface area contributed by atoms with Gasteiger partial charge in [0.05, 0.1) is 6.04 Å². The molecule has 0 aromatic carbocycles. The number of H-pyrrole nitrogens is 2. The molecule has 1 atom stereocenters. The van der Waals surface area contributed by atoms with Gasteiger partial charge in [-0.2, -0.15) is 5.10 Å². The summed E-state index contributed by atoms with van der Waals surface area (Å²) in [5, 5.41) is 9.67. The van der Waals surface area contributed by atoms with Crippen molar-refractivity contribution < 1.29 is 0 Å². The maximum absolute atomic E-state index is 11.5. The fourth-order valence-corrected chi connectivity index (χ4v) is 2.18. The van der Waals surface area contributed by atoms with Crippen LogP contribution < -0.4 is 11.0 Å². The van der Waals surface area contributed by atoms with Crippen molar-refractivity contribution in [1.82, 2.24) is 29.5 Å². The van der Waals surface area contributed by atoms with Crippen molar-refractivity contribution in [3.63, 3.8) is 0 Å². The summed E-state index contributed by atoms with van der Waals surface area (Å²) < 4.78 is 1.43. The van der Waals surface area contributed by atoms with E-state index < -0.39 is 0 Å². The van der Waals surface area contributed by atoms with Crippen LogP contribution in [0.4, 0.5) is 5.82 Å². The van der Waals surface area contributed by atoms with Crippen molar-refractivity contribution in [2.45, 2.75) is 26.3 Å². The molecule has 3 N–H and O–H groups in total. The van der Waals surface area contributed by atoms with E-state index in [1.807, 2.05) is 0 Å². The maximum atomic E-state index is 11.5. The smallest absolute Gasteiger partial charge is 0.349 e. The third-order valence-corrected chi connectivity index (χ3v) is 3.15. The van der Waals surface area contributed by atoms with Crippen LogP contribution in [-0.4, -0.2) is 29.5 Å². The zero-order valence-corrected chi connectivity index (χ0v) is 11.2. The van der Waals surface area contributed by atoms with Crippen LogP contribution in [0.3, 0.4) is 0 Å². The highest BCUT2D eigenvalue weighted by Gasteiger charge is 2.14. The lowest BCUT2D eigenvalue weighted by Gasteiger charge is -2.15. The Labute approximate surface area is 114 Å². The van der Waals surface area contributed by atoms with Gasteiger partial charge in [0, 0.05) is 18.5 Å². The van der Waals surface area contributed by atoms with Crippen LogP contribution in [0.25, 0.3) is 5.65 Å². The summed E-state index contributed by atoms with van der Waals surface area (Å²) >= 11 is 0. The molecule has 3 aromatic heterocycles. The molecule has 8 nitrogen and oxygen atoms in total. The zero-order valence-electron chi connectivity index (χ0n) is 11.2. The summed E-state index contributed by atoms with van der Waals surface area (Å²) in [6.07, 6.45) is 4.36. The predicted molar refractivity (Wildman–Crippen MR) is 73.6 cm³/mol. The Kier molecular flexibility index (Phi) is 2.97. The molecule has 0 fully saturated rings. The number of imidazole rings is 1. The first-order valence-corrected chi connectivity index (χ1v) is 6.39. The number of aromatic amines is 2. The topological polar surface area (TPSA) is 104 Å². The highest BCUT2D eigenvalue weighted by Crippen LogP contribution is 2.19. The van der Waals surface area contributed by atoms with Gasteiger partial charge >= 0.3 is 5.69 Å². The van der Waals surface area contributed by atoms with Gasteiger partial charge < -0.3 is 10.3 Å². The van der Waals surface area contributed by atoms with E-state index in [0.717, 1.165) is 12.2 Å². The van der Waals surface area contributed by atoms with Crippen molar-refractivity contribution in [2.75, 3.05) is 5.32 Å². The van der Waals surface area contributed by atoms with E-state index in [9.17, 15) is 4.79 Å². The van der Waals surface area contributed by atoms with Crippen LogP contribution in [0.5, 0.6) is 0 Å². The van der Waals surface area contributed by atoms with Crippen molar-refractivity contribution in [2.24, 2.45) is 0 Å². The quantitative estimate of drug-likeness (QED) is 0.658. The highest BCUT2D eigenvalue weighted by atomic mass is 16.1. The summed E-state index contributed by atoms with van der Waals surface area (Å²) in [6, 6.07) is 1.77. The number of nitrogens with one attached hydrogen (secondary N) is 3. The Hall–Kier alpha value is -2.64. The maximum Gasteiger partial charge on any atom is 0.349 e. The van der Waals surface area contributed by atoms with E-state index in [-0.39, 0.29) is 11.7 Å². The molecule has 0 amide bonds. The van der Waals surface area contributed by atoms with Gasteiger partial charge in [-0.15, -0.1) is 0 Å². The fraction of sp³-hybridized carbons (Fsp3) is 0.333. The first-order chi connectivity index (χ1) is 9.69.